The van der Waals surface area contributed by atoms with Crippen LogP contribution in [0.4, 0.5) is 5.69 Å². The summed E-state index contributed by atoms with van der Waals surface area (Å²) in [4.78, 5) is 14.1. The van der Waals surface area contributed by atoms with Crippen molar-refractivity contribution < 1.29 is 4.79 Å². The Hall–Kier alpha value is -1.07. The molecule has 0 saturated carbocycles. The molecule has 5 heteroatoms. The molecule has 104 valence electrons. The number of carbonyl (C=O) groups is 1. The van der Waals surface area contributed by atoms with Crippen LogP contribution in [0.25, 0.3) is 0 Å². The molecule has 1 aromatic carbocycles. The number of halogens is 1. The number of nitrogens with two attached hydrogens (primary N) is 1. The topological polar surface area (TPSA) is 58.4 Å². The van der Waals surface area contributed by atoms with Crippen molar-refractivity contribution in [3.05, 3.63) is 28.2 Å². The van der Waals surface area contributed by atoms with Crippen LogP contribution in [-0.2, 0) is 4.79 Å². The molecule has 1 aromatic rings. The maximum absolute atomic E-state index is 12.0. The van der Waals surface area contributed by atoms with Gasteiger partial charge in [-0.15, -0.1) is 0 Å². The fraction of sp³-hybridized carbons (Fsp3) is 0.500. The Morgan fingerprint density at radius 3 is 2.74 bits per heavy atom. The Morgan fingerprint density at radius 2 is 2.16 bits per heavy atom. The first-order chi connectivity index (χ1) is 8.84. The SMILES string of the molecule is CC(N)c1ccc(N2CCNC(=O)C2(C)C)c(Br)c1. The molecule has 0 aromatic heterocycles. The Bertz CT molecular complexity index is 499. The molecule has 1 atom stereocenters. The monoisotopic (exact) mass is 325 g/mol. The minimum absolute atomic E-state index is 0.00279. The maximum Gasteiger partial charge on any atom is 0.245 e. The van der Waals surface area contributed by atoms with Crippen molar-refractivity contribution >= 4 is 27.5 Å². The van der Waals surface area contributed by atoms with Crippen molar-refractivity contribution in [1.82, 2.24) is 5.32 Å². The molecule has 1 fully saturated rings. The predicted molar refractivity (Wildman–Crippen MR) is 81.2 cm³/mol. The second kappa shape index (κ2) is 5.13. The highest BCUT2D eigenvalue weighted by molar-refractivity contribution is 9.10. The van der Waals surface area contributed by atoms with Gasteiger partial charge in [-0.05, 0) is 54.4 Å². The quantitative estimate of drug-likeness (QED) is 0.876. The zero-order chi connectivity index (χ0) is 14.2. The molecule has 19 heavy (non-hydrogen) atoms. The molecule has 1 aliphatic rings. The van der Waals surface area contributed by atoms with Crippen LogP contribution in [0, 0.1) is 0 Å². The molecule has 1 aliphatic heterocycles. The third-order valence-electron chi connectivity index (χ3n) is 3.64. The Morgan fingerprint density at radius 1 is 1.47 bits per heavy atom. The van der Waals surface area contributed by atoms with E-state index in [0.29, 0.717) is 6.54 Å². The van der Waals surface area contributed by atoms with E-state index in [1.807, 2.05) is 39.0 Å². The number of nitrogens with zero attached hydrogens (tertiary/aromatic N) is 1. The van der Waals surface area contributed by atoms with Gasteiger partial charge >= 0.3 is 0 Å². The van der Waals surface area contributed by atoms with Gasteiger partial charge in [0, 0.05) is 23.6 Å². The van der Waals surface area contributed by atoms with E-state index < -0.39 is 5.54 Å². The summed E-state index contributed by atoms with van der Waals surface area (Å²) in [6.07, 6.45) is 0. The van der Waals surface area contributed by atoms with E-state index in [1.165, 1.54) is 0 Å². The molecule has 1 saturated heterocycles. The smallest absolute Gasteiger partial charge is 0.245 e. The minimum atomic E-state index is -0.545. The van der Waals surface area contributed by atoms with Crippen LogP contribution in [-0.4, -0.2) is 24.5 Å². The molecule has 1 unspecified atom stereocenters. The van der Waals surface area contributed by atoms with Gasteiger partial charge in [0.25, 0.3) is 0 Å². The van der Waals surface area contributed by atoms with E-state index in [2.05, 4.69) is 26.1 Å². The van der Waals surface area contributed by atoms with Crippen molar-refractivity contribution in [2.45, 2.75) is 32.4 Å². The normalized spacial score (nSPS) is 20.1. The highest BCUT2D eigenvalue weighted by Gasteiger charge is 2.38. The summed E-state index contributed by atoms with van der Waals surface area (Å²) in [7, 11) is 0. The fourth-order valence-corrected chi connectivity index (χ4v) is 2.96. The number of nitrogens with one attached hydrogen (secondary N) is 1. The van der Waals surface area contributed by atoms with Gasteiger partial charge in [0.05, 0.1) is 5.69 Å². The van der Waals surface area contributed by atoms with Gasteiger partial charge < -0.3 is 16.0 Å². The highest BCUT2D eigenvalue weighted by Crippen LogP contribution is 2.34. The van der Waals surface area contributed by atoms with Gasteiger partial charge in [0.2, 0.25) is 5.91 Å². The molecule has 2 rings (SSSR count). The van der Waals surface area contributed by atoms with Gasteiger partial charge in [0.15, 0.2) is 0 Å². The zero-order valence-electron chi connectivity index (χ0n) is 11.5. The first-order valence-corrected chi connectivity index (χ1v) is 7.24. The Labute approximate surface area is 122 Å². The summed E-state index contributed by atoms with van der Waals surface area (Å²) in [5, 5.41) is 2.91. The number of hydrogen-bond acceptors (Lipinski definition) is 3. The maximum atomic E-state index is 12.0. The van der Waals surface area contributed by atoms with Crippen LogP contribution in [0.15, 0.2) is 22.7 Å². The standard InChI is InChI=1S/C14H20BrN3O/c1-9(16)10-4-5-12(11(15)8-10)18-7-6-17-13(19)14(18,2)3/h4-5,8-9H,6-7,16H2,1-3H3,(H,17,19). The molecule has 0 aliphatic carbocycles. The molecule has 0 bridgehead atoms. The van der Waals surface area contributed by atoms with E-state index in [1.54, 1.807) is 0 Å². The van der Waals surface area contributed by atoms with E-state index in [-0.39, 0.29) is 11.9 Å². The Balaban J connectivity index is 2.38. The van der Waals surface area contributed by atoms with E-state index >= 15 is 0 Å². The summed E-state index contributed by atoms with van der Waals surface area (Å²) < 4.78 is 0.977. The molecular formula is C14H20BrN3O. The summed E-state index contributed by atoms with van der Waals surface area (Å²) >= 11 is 3.59. The van der Waals surface area contributed by atoms with Crippen molar-refractivity contribution in [1.29, 1.82) is 0 Å². The van der Waals surface area contributed by atoms with Crippen molar-refractivity contribution in [2.75, 3.05) is 18.0 Å². The fourth-order valence-electron chi connectivity index (χ4n) is 2.35. The minimum Gasteiger partial charge on any atom is -0.355 e. The zero-order valence-corrected chi connectivity index (χ0v) is 13.1. The predicted octanol–water partition coefficient (Wildman–Crippen LogP) is 2.18. The molecule has 0 spiro atoms. The van der Waals surface area contributed by atoms with Gasteiger partial charge in [-0.3, -0.25) is 4.79 Å². The summed E-state index contributed by atoms with van der Waals surface area (Å²) in [5.41, 5.74) is 7.45. The van der Waals surface area contributed by atoms with Crippen LogP contribution in [0.5, 0.6) is 0 Å². The number of benzene rings is 1. The van der Waals surface area contributed by atoms with E-state index in [0.717, 1.165) is 22.3 Å². The van der Waals surface area contributed by atoms with Crippen LogP contribution in [0.2, 0.25) is 0 Å². The summed E-state index contributed by atoms with van der Waals surface area (Å²) in [6, 6.07) is 6.09. The number of carbonyl (C=O) groups excluding carboxylic acids is 1. The van der Waals surface area contributed by atoms with Crippen LogP contribution in [0.1, 0.15) is 32.4 Å². The van der Waals surface area contributed by atoms with Gasteiger partial charge in [0.1, 0.15) is 5.54 Å². The highest BCUT2D eigenvalue weighted by atomic mass is 79.9. The molecule has 1 heterocycles. The molecule has 1 amide bonds. The third kappa shape index (κ3) is 2.62. The number of amides is 1. The summed E-state index contributed by atoms with van der Waals surface area (Å²) in [6.45, 7) is 7.30. The molecule has 4 nitrogen and oxygen atoms in total. The van der Waals surface area contributed by atoms with Gasteiger partial charge in [-0.2, -0.15) is 0 Å². The molecular weight excluding hydrogens is 306 g/mol. The van der Waals surface area contributed by atoms with Crippen LogP contribution >= 0.6 is 15.9 Å². The Kier molecular flexibility index (Phi) is 3.87. The number of hydrogen-bond donors (Lipinski definition) is 2. The van der Waals surface area contributed by atoms with Crippen LogP contribution < -0.4 is 16.0 Å². The average Bonchev–Trinajstić information content (AvgIpc) is 2.33. The number of rotatable bonds is 2. The van der Waals surface area contributed by atoms with Gasteiger partial charge in [-0.25, -0.2) is 0 Å². The number of anilines is 1. The second-order valence-electron chi connectivity index (χ2n) is 5.47. The first kappa shape index (κ1) is 14.3. The van der Waals surface area contributed by atoms with Crippen molar-refractivity contribution in [3.8, 4) is 0 Å². The lowest BCUT2D eigenvalue weighted by Crippen LogP contribution is -2.62. The lowest BCUT2D eigenvalue weighted by molar-refractivity contribution is -0.126. The lowest BCUT2D eigenvalue weighted by Gasteiger charge is -2.43. The van der Waals surface area contributed by atoms with E-state index in [9.17, 15) is 4.79 Å². The van der Waals surface area contributed by atoms with Crippen LogP contribution in [0.3, 0.4) is 0 Å². The van der Waals surface area contributed by atoms with Crippen molar-refractivity contribution in [2.24, 2.45) is 5.73 Å². The van der Waals surface area contributed by atoms with E-state index in [4.69, 9.17) is 5.73 Å². The first-order valence-electron chi connectivity index (χ1n) is 6.45. The number of piperazine rings is 1. The summed E-state index contributed by atoms with van der Waals surface area (Å²) in [5.74, 6) is 0.0573. The largest absolute Gasteiger partial charge is 0.355 e. The molecule has 3 N–H and O–H groups in total. The third-order valence-corrected chi connectivity index (χ3v) is 4.27. The molecule has 0 radical (unpaired) electrons. The van der Waals surface area contributed by atoms with Gasteiger partial charge in [-0.1, -0.05) is 6.07 Å². The van der Waals surface area contributed by atoms with Crippen molar-refractivity contribution in [3.63, 3.8) is 0 Å². The average molecular weight is 326 g/mol. The lowest BCUT2D eigenvalue weighted by atomic mass is 9.97. The second-order valence-corrected chi connectivity index (χ2v) is 6.32.